The molecule has 0 aliphatic rings. The van der Waals surface area contributed by atoms with E-state index in [1.165, 1.54) is 0 Å². The van der Waals surface area contributed by atoms with Crippen LogP contribution in [0.4, 0.5) is 0 Å². The Balaban J connectivity index is 1.77. The van der Waals surface area contributed by atoms with E-state index in [-0.39, 0.29) is 6.04 Å². The van der Waals surface area contributed by atoms with E-state index in [0.29, 0.717) is 23.8 Å². The Morgan fingerprint density at radius 2 is 2.00 bits per heavy atom. The van der Waals surface area contributed by atoms with Crippen molar-refractivity contribution < 1.29 is 4.52 Å². The summed E-state index contributed by atoms with van der Waals surface area (Å²) in [5, 5.41) is 3.88. The maximum atomic E-state index is 6.09. The van der Waals surface area contributed by atoms with Gasteiger partial charge >= 0.3 is 0 Å². The molecular weight excluding hydrogens is 254 g/mol. The van der Waals surface area contributed by atoms with Crippen LogP contribution in [0.25, 0.3) is 11.5 Å². The van der Waals surface area contributed by atoms with E-state index in [9.17, 15) is 0 Å². The van der Waals surface area contributed by atoms with Gasteiger partial charge in [0.05, 0.1) is 12.2 Å². The molecule has 0 radical (unpaired) electrons. The fraction of sp³-hybridized carbons (Fsp3) is 0.143. The molecule has 3 aromatic rings. The van der Waals surface area contributed by atoms with Gasteiger partial charge in [0.1, 0.15) is 5.69 Å². The van der Waals surface area contributed by atoms with E-state index in [2.05, 4.69) is 20.1 Å². The first-order chi connectivity index (χ1) is 9.83. The predicted molar refractivity (Wildman–Crippen MR) is 72.4 cm³/mol. The van der Waals surface area contributed by atoms with E-state index in [1.54, 1.807) is 18.6 Å². The summed E-state index contributed by atoms with van der Waals surface area (Å²) in [6.45, 7) is 0. The van der Waals surface area contributed by atoms with Crippen LogP contribution in [-0.4, -0.2) is 20.1 Å². The number of hydrogen-bond acceptors (Lipinski definition) is 6. The zero-order valence-electron chi connectivity index (χ0n) is 10.7. The number of aromatic nitrogens is 4. The lowest BCUT2D eigenvalue weighted by Gasteiger charge is -2.05. The van der Waals surface area contributed by atoms with Crippen molar-refractivity contribution in [3.63, 3.8) is 0 Å². The Kier molecular flexibility index (Phi) is 3.47. The molecule has 2 N–H and O–H groups in total. The van der Waals surface area contributed by atoms with Crippen LogP contribution in [0.2, 0.25) is 0 Å². The highest BCUT2D eigenvalue weighted by Gasteiger charge is 2.16. The monoisotopic (exact) mass is 267 g/mol. The molecule has 2 aromatic heterocycles. The first-order valence-corrected chi connectivity index (χ1v) is 6.22. The van der Waals surface area contributed by atoms with Gasteiger partial charge in [-0.05, 0) is 12.0 Å². The highest BCUT2D eigenvalue weighted by molar-refractivity contribution is 5.45. The summed E-state index contributed by atoms with van der Waals surface area (Å²) in [6, 6.07) is 9.60. The third-order valence-electron chi connectivity index (χ3n) is 2.85. The second-order valence-electron chi connectivity index (χ2n) is 4.34. The van der Waals surface area contributed by atoms with E-state index >= 15 is 0 Å². The van der Waals surface area contributed by atoms with E-state index in [0.717, 1.165) is 5.56 Å². The second-order valence-corrected chi connectivity index (χ2v) is 4.34. The molecule has 0 aliphatic carbocycles. The van der Waals surface area contributed by atoms with Crippen molar-refractivity contribution in [1.29, 1.82) is 0 Å². The molecule has 0 saturated heterocycles. The fourth-order valence-corrected chi connectivity index (χ4v) is 1.86. The first-order valence-electron chi connectivity index (χ1n) is 6.22. The Morgan fingerprint density at radius 3 is 2.75 bits per heavy atom. The van der Waals surface area contributed by atoms with Gasteiger partial charge in [-0.3, -0.25) is 4.98 Å². The van der Waals surface area contributed by atoms with Gasteiger partial charge in [-0.2, -0.15) is 4.98 Å². The summed E-state index contributed by atoms with van der Waals surface area (Å²) in [7, 11) is 0. The van der Waals surface area contributed by atoms with Gasteiger partial charge in [0, 0.05) is 12.4 Å². The SMILES string of the molecule is N[C@@H](Cc1ccccc1)c1nc(-c2cnccn2)no1. The van der Waals surface area contributed by atoms with Gasteiger partial charge in [-0.25, -0.2) is 4.98 Å². The first kappa shape index (κ1) is 12.4. The number of rotatable bonds is 4. The summed E-state index contributed by atoms with van der Waals surface area (Å²) < 4.78 is 5.20. The largest absolute Gasteiger partial charge is 0.337 e. The lowest BCUT2D eigenvalue weighted by atomic mass is 10.1. The summed E-state index contributed by atoms with van der Waals surface area (Å²) in [6.07, 6.45) is 5.39. The normalized spacial score (nSPS) is 12.2. The number of nitrogens with zero attached hydrogens (tertiary/aromatic N) is 4. The number of hydrogen-bond donors (Lipinski definition) is 1. The maximum absolute atomic E-state index is 6.09. The molecule has 0 saturated carbocycles. The van der Waals surface area contributed by atoms with Crippen LogP contribution >= 0.6 is 0 Å². The molecule has 0 spiro atoms. The fourth-order valence-electron chi connectivity index (χ4n) is 1.86. The van der Waals surface area contributed by atoms with E-state index < -0.39 is 0 Å². The number of nitrogens with two attached hydrogens (primary N) is 1. The number of benzene rings is 1. The van der Waals surface area contributed by atoms with Crippen LogP contribution in [0.15, 0.2) is 53.4 Å². The molecule has 100 valence electrons. The molecular formula is C14H13N5O. The molecule has 1 aromatic carbocycles. The molecule has 3 rings (SSSR count). The third-order valence-corrected chi connectivity index (χ3v) is 2.85. The van der Waals surface area contributed by atoms with Crippen molar-refractivity contribution in [2.75, 3.05) is 0 Å². The Labute approximate surface area is 115 Å². The van der Waals surface area contributed by atoms with Crippen LogP contribution in [-0.2, 0) is 6.42 Å². The van der Waals surface area contributed by atoms with Crippen molar-refractivity contribution >= 4 is 0 Å². The summed E-state index contributed by atoms with van der Waals surface area (Å²) >= 11 is 0. The maximum Gasteiger partial charge on any atom is 0.244 e. The van der Waals surface area contributed by atoms with E-state index in [4.69, 9.17) is 10.3 Å². The quantitative estimate of drug-likeness (QED) is 0.774. The summed E-state index contributed by atoms with van der Waals surface area (Å²) in [4.78, 5) is 12.4. The molecule has 0 fully saturated rings. The third kappa shape index (κ3) is 2.70. The zero-order chi connectivity index (χ0) is 13.8. The van der Waals surface area contributed by atoms with Gasteiger partial charge in [0.2, 0.25) is 11.7 Å². The van der Waals surface area contributed by atoms with Crippen LogP contribution < -0.4 is 5.73 Å². The highest BCUT2D eigenvalue weighted by Crippen LogP contribution is 2.17. The lowest BCUT2D eigenvalue weighted by molar-refractivity contribution is 0.354. The van der Waals surface area contributed by atoms with Crippen molar-refractivity contribution in [3.8, 4) is 11.5 Å². The minimum atomic E-state index is -0.338. The van der Waals surface area contributed by atoms with E-state index in [1.807, 2.05) is 30.3 Å². The molecule has 0 aliphatic heterocycles. The van der Waals surface area contributed by atoms with Crippen LogP contribution in [0.3, 0.4) is 0 Å². The Bertz CT molecular complexity index is 668. The van der Waals surface area contributed by atoms with Crippen LogP contribution in [0.1, 0.15) is 17.5 Å². The lowest BCUT2D eigenvalue weighted by Crippen LogP contribution is -2.13. The molecule has 6 nitrogen and oxygen atoms in total. The van der Waals surface area contributed by atoms with Gasteiger partial charge in [-0.1, -0.05) is 35.5 Å². The van der Waals surface area contributed by atoms with Crippen molar-refractivity contribution in [3.05, 3.63) is 60.4 Å². The van der Waals surface area contributed by atoms with Crippen LogP contribution in [0, 0.1) is 0 Å². The molecule has 0 amide bonds. The molecule has 0 bridgehead atoms. The average Bonchev–Trinajstić information content (AvgIpc) is 2.99. The van der Waals surface area contributed by atoms with Gasteiger partial charge in [0.15, 0.2) is 0 Å². The molecule has 0 unspecified atom stereocenters. The van der Waals surface area contributed by atoms with Gasteiger partial charge < -0.3 is 10.3 Å². The van der Waals surface area contributed by atoms with Crippen molar-refractivity contribution in [2.24, 2.45) is 5.73 Å². The van der Waals surface area contributed by atoms with Gasteiger partial charge in [0.25, 0.3) is 0 Å². The zero-order valence-corrected chi connectivity index (χ0v) is 10.7. The molecule has 2 heterocycles. The summed E-state index contributed by atoms with van der Waals surface area (Å²) in [5.41, 5.74) is 7.77. The predicted octanol–water partition coefficient (Wildman–Crippen LogP) is 1.77. The minimum absolute atomic E-state index is 0.338. The smallest absolute Gasteiger partial charge is 0.244 e. The Hall–Kier alpha value is -2.60. The summed E-state index contributed by atoms with van der Waals surface area (Å²) in [5.74, 6) is 0.797. The minimum Gasteiger partial charge on any atom is -0.337 e. The van der Waals surface area contributed by atoms with Gasteiger partial charge in [-0.15, -0.1) is 0 Å². The van der Waals surface area contributed by atoms with Crippen molar-refractivity contribution in [2.45, 2.75) is 12.5 Å². The standard InChI is InChI=1S/C14H13N5O/c15-11(8-10-4-2-1-3-5-10)14-18-13(19-20-14)12-9-16-6-7-17-12/h1-7,9,11H,8,15H2/t11-/m0/s1. The molecule has 1 atom stereocenters. The Morgan fingerprint density at radius 1 is 1.15 bits per heavy atom. The average molecular weight is 267 g/mol. The van der Waals surface area contributed by atoms with Crippen molar-refractivity contribution in [1.82, 2.24) is 20.1 Å². The topological polar surface area (TPSA) is 90.7 Å². The molecule has 6 heteroatoms. The molecule has 20 heavy (non-hydrogen) atoms. The highest BCUT2D eigenvalue weighted by atomic mass is 16.5. The van der Waals surface area contributed by atoms with Crippen LogP contribution in [0.5, 0.6) is 0 Å². The second kappa shape index (κ2) is 5.58.